The molecule has 9 nitrogen and oxygen atoms in total. The molecule has 0 aliphatic heterocycles. The number of rotatable bonds is 75. The van der Waals surface area contributed by atoms with Crippen molar-refractivity contribution in [2.75, 3.05) is 26.4 Å². The van der Waals surface area contributed by atoms with Crippen molar-refractivity contribution in [3.63, 3.8) is 0 Å². The number of allylic oxidation sites excluding steroid dienone is 20. The summed E-state index contributed by atoms with van der Waals surface area (Å²) in [5, 5.41) is 0. The van der Waals surface area contributed by atoms with E-state index < -0.39 is 26.5 Å². The van der Waals surface area contributed by atoms with Gasteiger partial charge < -0.3 is 20.1 Å². The molecule has 2 atom stereocenters. The zero-order valence-corrected chi connectivity index (χ0v) is 62.8. The molecule has 0 rings (SSSR count). The summed E-state index contributed by atoms with van der Waals surface area (Å²) in [6.07, 6.45) is 112. The second-order valence-corrected chi connectivity index (χ2v) is 28.0. The second kappa shape index (κ2) is 79.4. The molecule has 10 heteroatoms. The first-order valence-electron chi connectivity index (χ1n) is 40.0. The smallest absolute Gasteiger partial charge is 0.462 e. The van der Waals surface area contributed by atoms with Crippen LogP contribution >= 0.6 is 7.82 Å². The van der Waals surface area contributed by atoms with Crippen molar-refractivity contribution in [3.05, 3.63) is 122 Å². The van der Waals surface area contributed by atoms with Gasteiger partial charge in [-0.1, -0.05) is 373 Å². The SMILES string of the molecule is CC/C=C\C/C=C\C/C=C\C/C=C\C/C=C\C/C=C\C/C=C\CCCCCCCCCCCCCCCCCCCCCC(=O)OC(COC(=O)CCCCCCCCCCCCCCCCCCCC/C=C\C/C=C\C/C=C\CCCCCCC)COP(=O)(O)OCCN. The maximum Gasteiger partial charge on any atom is 0.472 e. The Morgan fingerprint density at radius 1 is 0.326 bits per heavy atom. The molecule has 0 saturated carbocycles. The van der Waals surface area contributed by atoms with Crippen LogP contribution in [0.4, 0.5) is 0 Å². The first-order valence-corrected chi connectivity index (χ1v) is 41.5. The van der Waals surface area contributed by atoms with Crippen molar-refractivity contribution in [3.8, 4) is 0 Å². The van der Waals surface area contributed by atoms with Gasteiger partial charge in [0.1, 0.15) is 6.61 Å². The van der Waals surface area contributed by atoms with E-state index in [4.69, 9.17) is 24.3 Å². The minimum Gasteiger partial charge on any atom is -0.462 e. The Balaban J connectivity index is 3.81. The lowest BCUT2D eigenvalue weighted by Crippen LogP contribution is -2.29. The lowest BCUT2D eigenvalue weighted by molar-refractivity contribution is -0.161. The van der Waals surface area contributed by atoms with E-state index in [1.54, 1.807) is 0 Å². The summed E-state index contributed by atoms with van der Waals surface area (Å²) in [5.41, 5.74) is 5.42. The number of phosphoric acid groups is 1. The topological polar surface area (TPSA) is 134 Å². The monoisotopic (exact) mass is 1340 g/mol. The van der Waals surface area contributed by atoms with Crippen LogP contribution in [0.2, 0.25) is 0 Å². The van der Waals surface area contributed by atoms with Gasteiger partial charge in [-0.05, 0) is 109 Å². The summed E-state index contributed by atoms with van der Waals surface area (Å²) in [6, 6.07) is 0. The number of nitrogens with two attached hydrogens (primary N) is 1. The highest BCUT2D eigenvalue weighted by molar-refractivity contribution is 7.47. The third kappa shape index (κ3) is 79.3. The number of hydrogen-bond donors (Lipinski definition) is 2. The van der Waals surface area contributed by atoms with Crippen molar-refractivity contribution in [1.82, 2.24) is 0 Å². The first kappa shape index (κ1) is 91.4. The van der Waals surface area contributed by atoms with Gasteiger partial charge in [0.05, 0.1) is 13.2 Å². The zero-order valence-electron chi connectivity index (χ0n) is 61.9. The quantitative estimate of drug-likeness (QED) is 0.0264. The Hall–Kier alpha value is -3.59. The highest BCUT2D eigenvalue weighted by Crippen LogP contribution is 2.43. The molecule has 0 saturated heterocycles. The molecule has 0 aliphatic rings. The Morgan fingerprint density at radius 2 is 0.579 bits per heavy atom. The Bertz CT molecular complexity index is 1980. The van der Waals surface area contributed by atoms with Crippen LogP contribution < -0.4 is 5.73 Å². The number of phosphoric ester groups is 1. The number of hydrogen-bond acceptors (Lipinski definition) is 8. The minimum absolute atomic E-state index is 0.0519. The van der Waals surface area contributed by atoms with Crippen LogP contribution in [0.3, 0.4) is 0 Å². The highest BCUT2D eigenvalue weighted by atomic mass is 31.2. The van der Waals surface area contributed by atoms with Crippen LogP contribution in [0, 0.1) is 0 Å². The average Bonchev–Trinajstić information content (AvgIpc) is 2.75. The van der Waals surface area contributed by atoms with Gasteiger partial charge in [-0.15, -0.1) is 0 Å². The van der Waals surface area contributed by atoms with Gasteiger partial charge in [0, 0.05) is 19.4 Å². The predicted molar refractivity (Wildman–Crippen MR) is 413 cm³/mol. The molecule has 548 valence electrons. The lowest BCUT2D eigenvalue weighted by Gasteiger charge is -2.19. The van der Waals surface area contributed by atoms with Gasteiger partial charge >= 0.3 is 19.8 Å². The van der Waals surface area contributed by atoms with E-state index in [-0.39, 0.29) is 38.6 Å². The Morgan fingerprint density at radius 3 is 0.863 bits per heavy atom. The highest BCUT2D eigenvalue weighted by Gasteiger charge is 2.26. The maximum absolute atomic E-state index is 12.8. The molecule has 0 spiro atoms. The van der Waals surface area contributed by atoms with E-state index in [9.17, 15) is 19.0 Å². The average molecular weight is 1350 g/mol. The fourth-order valence-electron chi connectivity index (χ4n) is 11.5. The lowest BCUT2D eigenvalue weighted by atomic mass is 10.0. The van der Waals surface area contributed by atoms with E-state index >= 15 is 0 Å². The van der Waals surface area contributed by atoms with Gasteiger partial charge in [-0.25, -0.2) is 4.57 Å². The van der Waals surface area contributed by atoms with E-state index in [1.807, 2.05) is 0 Å². The van der Waals surface area contributed by atoms with Crippen LogP contribution in [0.1, 0.15) is 373 Å². The molecule has 0 aliphatic carbocycles. The van der Waals surface area contributed by atoms with Crippen LogP contribution in [-0.2, 0) is 32.7 Å². The third-order valence-corrected chi connectivity index (χ3v) is 18.3. The summed E-state index contributed by atoms with van der Waals surface area (Å²) in [6.45, 7) is 3.66. The van der Waals surface area contributed by atoms with E-state index in [0.29, 0.717) is 6.42 Å². The fraction of sp³-hybridized carbons (Fsp3) is 0.741. The third-order valence-electron chi connectivity index (χ3n) is 17.3. The van der Waals surface area contributed by atoms with Crippen LogP contribution in [0.25, 0.3) is 0 Å². The fourth-order valence-corrected chi connectivity index (χ4v) is 12.2. The molecule has 2 unspecified atom stereocenters. The van der Waals surface area contributed by atoms with Crippen molar-refractivity contribution < 1.29 is 37.6 Å². The molecular weight excluding hydrogens is 1190 g/mol. The molecule has 0 fully saturated rings. The summed E-state index contributed by atoms with van der Waals surface area (Å²) < 4.78 is 33.3. The summed E-state index contributed by atoms with van der Waals surface area (Å²) in [4.78, 5) is 35.5. The van der Waals surface area contributed by atoms with Gasteiger partial charge in [0.25, 0.3) is 0 Å². The Labute approximate surface area is 587 Å². The molecule has 0 aromatic rings. The summed E-state index contributed by atoms with van der Waals surface area (Å²) in [7, 11) is -4.40. The standard InChI is InChI=1S/C85H150NO8P/c1-3-5-7-9-11-13-15-17-19-21-23-25-27-29-31-33-35-37-38-39-40-41-42-43-44-46-48-50-52-54-56-58-60-62-64-66-68-70-72-74-76-78-85(88)94-83(82-93-95(89,90)92-80-79-86)81-91-84(87)77-75-73-71-69-67-65-63-61-59-57-55-53-51-49-47-45-36-34-32-30-28-26-24-22-20-18-16-14-12-10-8-6-4-2/h5,7,11,13,16-19,22-25,28-31,35,37,39-40,83H,3-4,6,8-10,12,14-15,20-21,26-27,32-34,36,38,41-82,86H2,1-2H3,(H,89,90)/b7-5-,13-11-,18-16-,19-17-,24-22-,25-23-,30-28-,31-29-,37-35-,40-39-. The molecule has 3 N–H and O–H groups in total. The van der Waals surface area contributed by atoms with E-state index in [2.05, 4.69) is 135 Å². The van der Waals surface area contributed by atoms with Gasteiger partial charge in [-0.3, -0.25) is 18.6 Å². The minimum atomic E-state index is -4.40. The number of esters is 2. The van der Waals surface area contributed by atoms with Gasteiger partial charge in [0.2, 0.25) is 0 Å². The van der Waals surface area contributed by atoms with Crippen molar-refractivity contribution in [2.45, 2.75) is 380 Å². The van der Waals surface area contributed by atoms with Crippen molar-refractivity contribution in [1.29, 1.82) is 0 Å². The second-order valence-electron chi connectivity index (χ2n) is 26.6. The molecule has 0 aromatic carbocycles. The molecule has 0 bridgehead atoms. The molecule has 95 heavy (non-hydrogen) atoms. The number of ether oxygens (including phenoxy) is 2. The predicted octanol–water partition coefficient (Wildman–Crippen LogP) is 27.0. The first-order chi connectivity index (χ1) is 46.8. The normalized spacial score (nSPS) is 13.5. The van der Waals surface area contributed by atoms with Gasteiger partial charge in [0.15, 0.2) is 6.10 Å². The zero-order chi connectivity index (χ0) is 68.6. The number of carbonyl (C=O) groups excluding carboxylic acids is 2. The molecule has 0 aromatic heterocycles. The van der Waals surface area contributed by atoms with Crippen LogP contribution in [-0.4, -0.2) is 49.3 Å². The van der Waals surface area contributed by atoms with Gasteiger partial charge in [-0.2, -0.15) is 0 Å². The summed E-state index contributed by atoms with van der Waals surface area (Å²) >= 11 is 0. The summed E-state index contributed by atoms with van der Waals surface area (Å²) in [5.74, 6) is -0.813. The van der Waals surface area contributed by atoms with Crippen molar-refractivity contribution >= 4 is 19.8 Å². The molecule has 0 radical (unpaired) electrons. The van der Waals surface area contributed by atoms with Crippen LogP contribution in [0.5, 0.6) is 0 Å². The largest absolute Gasteiger partial charge is 0.472 e. The molecule has 0 heterocycles. The number of unbranched alkanes of at least 4 members (excludes halogenated alkanes) is 42. The molecule has 0 amide bonds. The van der Waals surface area contributed by atoms with E-state index in [1.165, 1.54) is 244 Å². The van der Waals surface area contributed by atoms with Crippen molar-refractivity contribution in [2.24, 2.45) is 5.73 Å². The maximum atomic E-state index is 12.8. The van der Waals surface area contributed by atoms with E-state index in [0.717, 1.165) is 96.3 Å². The Kier molecular flexibility index (Phi) is 76.4. The van der Waals surface area contributed by atoms with Crippen LogP contribution in [0.15, 0.2) is 122 Å². The number of carbonyl (C=O) groups is 2. The molecular formula is C85H150NO8P.